The summed E-state index contributed by atoms with van der Waals surface area (Å²) >= 11 is 0. The summed E-state index contributed by atoms with van der Waals surface area (Å²) in [4.78, 5) is 13.5. The van der Waals surface area contributed by atoms with Crippen molar-refractivity contribution >= 4 is 5.91 Å². The highest BCUT2D eigenvalue weighted by Crippen LogP contribution is 2.17. The number of carbonyl (C=O) groups is 1. The van der Waals surface area contributed by atoms with Crippen molar-refractivity contribution in [2.45, 2.75) is 44.9 Å². The molecule has 21 heavy (non-hydrogen) atoms. The number of halogens is 1. The van der Waals surface area contributed by atoms with Crippen molar-refractivity contribution < 1.29 is 13.9 Å². The number of ether oxygens (including phenoxy) is 1. The number of amides is 1. The van der Waals surface area contributed by atoms with Crippen molar-refractivity contribution in [3.8, 4) is 0 Å². The van der Waals surface area contributed by atoms with Crippen LogP contribution in [0.3, 0.4) is 0 Å². The molecule has 0 bridgehead atoms. The number of primary amides is 1. The van der Waals surface area contributed by atoms with Crippen LogP contribution >= 0.6 is 0 Å². The lowest BCUT2D eigenvalue weighted by Crippen LogP contribution is -2.54. The average Bonchev–Trinajstić information content (AvgIpc) is 2.44. The van der Waals surface area contributed by atoms with E-state index < -0.39 is 12.0 Å². The molecule has 1 aromatic carbocycles. The first-order valence-electron chi connectivity index (χ1n) is 7.39. The maximum absolute atomic E-state index is 13.2. The van der Waals surface area contributed by atoms with Gasteiger partial charge in [-0.25, -0.2) is 4.39 Å². The Morgan fingerprint density at radius 3 is 2.95 bits per heavy atom. The third-order valence-electron chi connectivity index (χ3n) is 3.97. The number of hydrogen-bond acceptors (Lipinski definition) is 3. The molecule has 2 N–H and O–H groups in total. The highest BCUT2D eigenvalue weighted by Gasteiger charge is 2.30. The fourth-order valence-corrected chi connectivity index (χ4v) is 2.75. The van der Waals surface area contributed by atoms with Gasteiger partial charge in [0.15, 0.2) is 0 Å². The van der Waals surface area contributed by atoms with Gasteiger partial charge in [-0.15, -0.1) is 0 Å². The van der Waals surface area contributed by atoms with E-state index in [2.05, 4.69) is 11.8 Å². The molecule has 2 rings (SSSR count). The lowest BCUT2D eigenvalue weighted by molar-refractivity contribution is -0.144. The van der Waals surface area contributed by atoms with Crippen molar-refractivity contribution in [3.63, 3.8) is 0 Å². The number of hydrogen-bond donors (Lipinski definition) is 1. The summed E-state index contributed by atoms with van der Waals surface area (Å²) in [6.45, 7) is 5.38. The second-order valence-electron chi connectivity index (χ2n) is 5.81. The van der Waals surface area contributed by atoms with E-state index in [4.69, 9.17) is 10.5 Å². The average molecular weight is 294 g/mol. The summed E-state index contributed by atoms with van der Waals surface area (Å²) in [5.41, 5.74) is 6.34. The van der Waals surface area contributed by atoms with Crippen LogP contribution in [0.5, 0.6) is 0 Å². The molecular weight excluding hydrogens is 271 g/mol. The predicted molar refractivity (Wildman–Crippen MR) is 79.3 cm³/mol. The van der Waals surface area contributed by atoms with Crippen molar-refractivity contribution in [2.75, 3.05) is 13.1 Å². The quantitative estimate of drug-likeness (QED) is 0.899. The number of morpholine rings is 1. The third kappa shape index (κ3) is 4.51. The summed E-state index contributed by atoms with van der Waals surface area (Å²) in [6, 6.07) is 6.98. The smallest absolute Gasteiger partial charge is 0.247 e. The van der Waals surface area contributed by atoms with Gasteiger partial charge in [-0.3, -0.25) is 9.69 Å². The van der Waals surface area contributed by atoms with Gasteiger partial charge in [0.1, 0.15) is 11.9 Å². The Morgan fingerprint density at radius 1 is 1.52 bits per heavy atom. The summed E-state index contributed by atoms with van der Waals surface area (Å²) in [5, 5.41) is 0. The molecule has 1 heterocycles. The van der Waals surface area contributed by atoms with Crippen LogP contribution in [0.1, 0.15) is 25.8 Å². The van der Waals surface area contributed by atoms with Crippen LogP contribution in [0.15, 0.2) is 24.3 Å². The summed E-state index contributed by atoms with van der Waals surface area (Å²) < 4.78 is 18.7. The van der Waals surface area contributed by atoms with Gasteiger partial charge in [0.2, 0.25) is 5.91 Å². The van der Waals surface area contributed by atoms with Gasteiger partial charge in [-0.05, 0) is 44.4 Å². The minimum Gasteiger partial charge on any atom is -0.367 e. The largest absolute Gasteiger partial charge is 0.367 e. The van der Waals surface area contributed by atoms with E-state index >= 15 is 0 Å². The Balaban J connectivity index is 1.90. The minimum absolute atomic E-state index is 0.00660. The van der Waals surface area contributed by atoms with Crippen molar-refractivity contribution in [2.24, 2.45) is 5.73 Å². The predicted octanol–water partition coefficient (Wildman–Crippen LogP) is 1.72. The van der Waals surface area contributed by atoms with Crippen LogP contribution in [-0.2, 0) is 16.0 Å². The number of nitrogens with two attached hydrogens (primary N) is 1. The van der Waals surface area contributed by atoms with E-state index in [0.717, 1.165) is 24.9 Å². The standard InChI is InChI=1S/C16H23FN2O2/c1-11(6-7-13-4-3-5-14(17)8-13)19-9-12(2)21-15(10-19)16(18)20/h3-5,8,11-12,15H,6-7,9-10H2,1-2H3,(H2,18,20)/t11-,12+,15+/m0/s1. The van der Waals surface area contributed by atoms with Gasteiger partial charge >= 0.3 is 0 Å². The molecule has 0 aliphatic carbocycles. The molecule has 0 aromatic heterocycles. The second kappa shape index (κ2) is 7.00. The maximum atomic E-state index is 13.2. The molecule has 0 radical (unpaired) electrons. The van der Waals surface area contributed by atoms with Crippen LogP contribution < -0.4 is 5.73 Å². The number of benzene rings is 1. The molecule has 1 saturated heterocycles. The fourth-order valence-electron chi connectivity index (χ4n) is 2.75. The van der Waals surface area contributed by atoms with E-state index in [9.17, 15) is 9.18 Å². The third-order valence-corrected chi connectivity index (χ3v) is 3.97. The maximum Gasteiger partial charge on any atom is 0.247 e. The van der Waals surface area contributed by atoms with E-state index in [1.54, 1.807) is 12.1 Å². The van der Waals surface area contributed by atoms with E-state index in [0.29, 0.717) is 12.6 Å². The van der Waals surface area contributed by atoms with Gasteiger partial charge in [0, 0.05) is 19.1 Å². The Labute approximate surface area is 125 Å². The topological polar surface area (TPSA) is 55.6 Å². The molecule has 5 heteroatoms. The molecule has 1 amide bonds. The number of aryl methyl sites for hydroxylation is 1. The normalized spacial score (nSPS) is 24.7. The van der Waals surface area contributed by atoms with E-state index in [-0.39, 0.29) is 11.9 Å². The van der Waals surface area contributed by atoms with Crippen LogP contribution in [0.2, 0.25) is 0 Å². The first kappa shape index (κ1) is 15.9. The zero-order valence-corrected chi connectivity index (χ0v) is 12.6. The molecule has 3 atom stereocenters. The Kier molecular flexibility index (Phi) is 5.31. The molecule has 1 aliphatic heterocycles. The lowest BCUT2D eigenvalue weighted by atomic mass is 10.0. The van der Waals surface area contributed by atoms with Crippen LogP contribution in [0.25, 0.3) is 0 Å². The monoisotopic (exact) mass is 294 g/mol. The van der Waals surface area contributed by atoms with E-state index in [1.165, 1.54) is 6.07 Å². The van der Waals surface area contributed by atoms with E-state index in [1.807, 2.05) is 13.0 Å². The van der Waals surface area contributed by atoms with Gasteiger partial charge < -0.3 is 10.5 Å². The Hall–Kier alpha value is -1.46. The molecule has 1 aliphatic rings. The second-order valence-corrected chi connectivity index (χ2v) is 5.81. The van der Waals surface area contributed by atoms with Gasteiger partial charge in [-0.1, -0.05) is 12.1 Å². The molecule has 116 valence electrons. The molecule has 0 unspecified atom stereocenters. The zero-order chi connectivity index (χ0) is 15.4. The van der Waals surface area contributed by atoms with Gasteiger partial charge in [-0.2, -0.15) is 0 Å². The van der Waals surface area contributed by atoms with Crippen LogP contribution in [-0.4, -0.2) is 42.1 Å². The number of rotatable bonds is 5. The number of nitrogens with zero attached hydrogens (tertiary/aromatic N) is 1. The molecule has 1 aromatic rings. The molecule has 0 spiro atoms. The number of carbonyl (C=O) groups excluding carboxylic acids is 1. The van der Waals surface area contributed by atoms with Crippen molar-refractivity contribution in [1.82, 2.24) is 4.90 Å². The van der Waals surface area contributed by atoms with Crippen LogP contribution in [0.4, 0.5) is 4.39 Å². The fraction of sp³-hybridized carbons (Fsp3) is 0.562. The highest BCUT2D eigenvalue weighted by molar-refractivity contribution is 5.79. The van der Waals surface area contributed by atoms with Crippen LogP contribution in [0, 0.1) is 5.82 Å². The van der Waals surface area contributed by atoms with Gasteiger partial charge in [0.05, 0.1) is 6.10 Å². The first-order chi connectivity index (χ1) is 9.95. The Bertz CT molecular complexity index is 495. The lowest BCUT2D eigenvalue weighted by Gasteiger charge is -2.39. The Morgan fingerprint density at radius 2 is 2.29 bits per heavy atom. The highest BCUT2D eigenvalue weighted by atomic mass is 19.1. The first-order valence-corrected chi connectivity index (χ1v) is 7.39. The minimum atomic E-state index is -0.537. The molecular formula is C16H23FN2O2. The molecule has 1 fully saturated rings. The van der Waals surface area contributed by atoms with Gasteiger partial charge in [0.25, 0.3) is 0 Å². The zero-order valence-electron chi connectivity index (χ0n) is 12.6. The summed E-state index contributed by atoms with van der Waals surface area (Å²) in [5.74, 6) is -0.613. The van der Waals surface area contributed by atoms with Crippen molar-refractivity contribution in [1.29, 1.82) is 0 Å². The van der Waals surface area contributed by atoms with Crippen molar-refractivity contribution in [3.05, 3.63) is 35.6 Å². The summed E-state index contributed by atoms with van der Waals surface area (Å²) in [7, 11) is 0. The molecule has 0 saturated carbocycles. The SMILES string of the molecule is C[C@@H]1CN([C@@H](C)CCc2cccc(F)c2)C[C@H](C(N)=O)O1. The summed E-state index contributed by atoms with van der Waals surface area (Å²) in [6.07, 6.45) is 1.17. The molecule has 4 nitrogen and oxygen atoms in total.